The van der Waals surface area contributed by atoms with Gasteiger partial charge in [0, 0.05) is 19.6 Å². The molecule has 0 aromatic carbocycles. The second-order valence-corrected chi connectivity index (χ2v) is 7.47. The van der Waals surface area contributed by atoms with Crippen LogP contribution in [0.15, 0.2) is 0 Å². The lowest BCUT2D eigenvalue weighted by Crippen LogP contribution is -2.47. The van der Waals surface area contributed by atoms with E-state index in [-0.39, 0.29) is 12.7 Å². The van der Waals surface area contributed by atoms with Crippen molar-refractivity contribution in [2.24, 2.45) is 5.92 Å². The van der Waals surface area contributed by atoms with Gasteiger partial charge >= 0.3 is 12.1 Å². The van der Waals surface area contributed by atoms with Gasteiger partial charge < -0.3 is 24.3 Å². The maximum absolute atomic E-state index is 12.3. The van der Waals surface area contributed by atoms with Crippen LogP contribution >= 0.6 is 0 Å². The van der Waals surface area contributed by atoms with Gasteiger partial charge in [0.2, 0.25) is 0 Å². The van der Waals surface area contributed by atoms with Crippen molar-refractivity contribution in [1.82, 2.24) is 5.32 Å². The number of amides is 1. The first-order chi connectivity index (χ1) is 11.1. The number of hydrogen-bond acceptors (Lipinski definition) is 6. The summed E-state index contributed by atoms with van der Waals surface area (Å²) in [6.07, 6.45) is -0.689. The van der Waals surface area contributed by atoms with E-state index >= 15 is 0 Å². The van der Waals surface area contributed by atoms with E-state index in [0.717, 1.165) is 0 Å². The van der Waals surface area contributed by atoms with Crippen molar-refractivity contribution in [2.75, 3.05) is 19.8 Å². The van der Waals surface area contributed by atoms with E-state index in [1.807, 2.05) is 0 Å². The minimum atomic E-state index is -0.897. The molecule has 140 valence electrons. The summed E-state index contributed by atoms with van der Waals surface area (Å²) in [5, 5.41) is 2.50. The third-order valence-corrected chi connectivity index (χ3v) is 3.28. The summed E-state index contributed by atoms with van der Waals surface area (Å²) >= 11 is 0. The number of carbonyl (C=O) groups is 2. The van der Waals surface area contributed by atoms with Gasteiger partial charge in [-0.2, -0.15) is 0 Å². The Kier molecular flexibility index (Phi) is 7.96. The quantitative estimate of drug-likeness (QED) is 0.787. The molecule has 1 aliphatic rings. The van der Waals surface area contributed by atoms with Gasteiger partial charge in [-0.15, -0.1) is 0 Å². The zero-order valence-corrected chi connectivity index (χ0v) is 15.6. The molecule has 1 aliphatic heterocycles. The molecule has 1 saturated heterocycles. The molecule has 7 heteroatoms. The fourth-order valence-corrected chi connectivity index (χ4v) is 2.13. The summed E-state index contributed by atoms with van der Waals surface area (Å²) in [5.41, 5.74) is -0.642. The number of ether oxygens (including phenoxy) is 4. The highest BCUT2D eigenvalue weighted by Gasteiger charge is 2.31. The van der Waals surface area contributed by atoms with Crippen LogP contribution in [0.3, 0.4) is 0 Å². The van der Waals surface area contributed by atoms with Crippen LogP contribution in [0.4, 0.5) is 4.79 Å². The minimum Gasteiger partial charge on any atom is -0.458 e. The smallest absolute Gasteiger partial charge is 0.408 e. The van der Waals surface area contributed by atoms with Gasteiger partial charge in [-0.05, 0) is 33.6 Å². The molecule has 1 heterocycles. The van der Waals surface area contributed by atoms with E-state index in [0.29, 0.717) is 25.6 Å². The van der Waals surface area contributed by atoms with Gasteiger partial charge in [0.25, 0.3) is 0 Å². The van der Waals surface area contributed by atoms with Crippen LogP contribution in [-0.2, 0) is 23.7 Å². The third-order valence-electron chi connectivity index (χ3n) is 3.28. The molecule has 0 unspecified atom stereocenters. The van der Waals surface area contributed by atoms with Crippen LogP contribution in [-0.4, -0.2) is 55.7 Å². The zero-order chi connectivity index (χ0) is 18.3. The van der Waals surface area contributed by atoms with Gasteiger partial charge in [0.1, 0.15) is 11.7 Å². The fraction of sp³-hybridized carbons (Fsp3) is 0.882. The van der Waals surface area contributed by atoms with Crippen molar-refractivity contribution in [3.8, 4) is 0 Å². The lowest BCUT2D eigenvalue weighted by atomic mass is 10.1. The maximum atomic E-state index is 12.3. The second-order valence-electron chi connectivity index (χ2n) is 7.47. The Hall–Kier alpha value is -1.34. The first-order valence-corrected chi connectivity index (χ1v) is 8.48. The molecule has 3 atom stereocenters. The molecule has 0 radical (unpaired) electrons. The predicted octanol–water partition coefficient (Wildman–Crippen LogP) is 2.27. The highest BCUT2D eigenvalue weighted by molar-refractivity contribution is 5.81. The van der Waals surface area contributed by atoms with Crippen LogP contribution in [0.25, 0.3) is 0 Å². The number of cyclic esters (lactones) is 1. The molecule has 24 heavy (non-hydrogen) atoms. The molecule has 1 fully saturated rings. The maximum Gasteiger partial charge on any atom is 0.408 e. The lowest BCUT2D eigenvalue weighted by Gasteiger charge is -2.25. The van der Waals surface area contributed by atoms with E-state index in [1.165, 1.54) is 0 Å². The van der Waals surface area contributed by atoms with Crippen molar-refractivity contribution in [3.05, 3.63) is 0 Å². The molecule has 1 amide bonds. The first-order valence-electron chi connectivity index (χ1n) is 8.48. The summed E-state index contributed by atoms with van der Waals surface area (Å²) in [7, 11) is 0. The van der Waals surface area contributed by atoms with Crippen molar-refractivity contribution >= 4 is 12.1 Å². The number of hydrogen-bond donors (Lipinski definition) is 1. The average molecular weight is 345 g/mol. The first kappa shape index (κ1) is 20.7. The summed E-state index contributed by atoms with van der Waals surface area (Å²) < 4.78 is 21.9. The van der Waals surface area contributed by atoms with Crippen molar-refractivity contribution in [1.29, 1.82) is 0 Å². The lowest BCUT2D eigenvalue weighted by molar-refractivity contribution is -0.158. The molecular weight excluding hydrogens is 314 g/mol. The van der Waals surface area contributed by atoms with Crippen molar-refractivity contribution in [2.45, 2.75) is 71.8 Å². The standard InChI is InChI=1S/C17H31NO6/c1-11(2)9-22-14-7-8-21-10-13(15(19)23-12(14)3)18-16(20)24-17(4,5)6/h11-14H,7-10H2,1-6H3,(H,18,20)/t12-,13-,14+/m0/s1. The molecule has 1 N–H and O–H groups in total. The van der Waals surface area contributed by atoms with Crippen molar-refractivity contribution in [3.63, 3.8) is 0 Å². The van der Waals surface area contributed by atoms with Gasteiger partial charge in [0.05, 0.1) is 12.7 Å². The monoisotopic (exact) mass is 345 g/mol. The highest BCUT2D eigenvalue weighted by atomic mass is 16.6. The number of alkyl carbamates (subject to hydrolysis) is 1. The molecule has 0 spiro atoms. The minimum absolute atomic E-state index is 0.0433. The Bertz CT molecular complexity index is 418. The highest BCUT2D eigenvalue weighted by Crippen LogP contribution is 2.14. The van der Waals surface area contributed by atoms with Crippen LogP contribution in [0.5, 0.6) is 0 Å². The molecule has 0 saturated carbocycles. The Balaban J connectivity index is 2.63. The molecule has 0 aromatic heterocycles. The van der Waals surface area contributed by atoms with E-state index in [2.05, 4.69) is 19.2 Å². The number of carbonyl (C=O) groups excluding carboxylic acids is 2. The van der Waals surface area contributed by atoms with Crippen molar-refractivity contribution < 1.29 is 28.5 Å². The summed E-state index contributed by atoms with van der Waals surface area (Å²) in [4.78, 5) is 24.1. The summed E-state index contributed by atoms with van der Waals surface area (Å²) in [5.74, 6) is -0.156. The third kappa shape index (κ3) is 7.97. The summed E-state index contributed by atoms with van der Waals surface area (Å²) in [6.45, 7) is 12.2. The Labute approximate surface area is 144 Å². The predicted molar refractivity (Wildman–Crippen MR) is 88.7 cm³/mol. The average Bonchev–Trinajstić information content (AvgIpc) is 2.47. The van der Waals surface area contributed by atoms with Gasteiger partial charge in [-0.25, -0.2) is 9.59 Å². The van der Waals surface area contributed by atoms with E-state index in [4.69, 9.17) is 18.9 Å². The van der Waals surface area contributed by atoms with Crippen LogP contribution < -0.4 is 5.32 Å². The number of nitrogens with one attached hydrogen (secondary N) is 1. The SMILES string of the molecule is CC(C)CO[C@@H]1CCOC[C@H](NC(=O)OC(C)(C)C)C(=O)O[C@H]1C. The topological polar surface area (TPSA) is 83.1 Å². The van der Waals surface area contributed by atoms with E-state index in [9.17, 15) is 9.59 Å². The molecule has 7 nitrogen and oxygen atoms in total. The largest absolute Gasteiger partial charge is 0.458 e. The molecule has 1 rings (SSSR count). The second kappa shape index (κ2) is 9.22. The van der Waals surface area contributed by atoms with Crippen LogP contribution in [0.1, 0.15) is 48.0 Å². The number of esters is 1. The zero-order valence-electron chi connectivity index (χ0n) is 15.6. The Morgan fingerprint density at radius 1 is 1.38 bits per heavy atom. The van der Waals surface area contributed by atoms with Gasteiger partial charge in [-0.3, -0.25) is 0 Å². The normalized spacial score (nSPS) is 26.1. The molecular formula is C17H31NO6. The fourth-order valence-electron chi connectivity index (χ4n) is 2.13. The molecule has 0 bridgehead atoms. The van der Waals surface area contributed by atoms with E-state index < -0.39 is 29.8 Å². The van der Waals surface area contributed by atoms with Gasteiger partial charge in [0.15, 0.2) is 6.04 Å². The molecule has 0 aliphatic carbocycles. The van der Waals surface area contributed by atoms with Gasteiger partial charge in [-0.1, -0.05) is 13.8 Å². The number of rotatable bonds is 4. The Morgan fingerprint density at radius 3 is 2.62 bits per heavy atom. The summed E-state index contributed by atoms with van der Waals surface area (Å²) in [6, 6.07) is -0.897. The molecule has 0 aromatic rings. The Morgan fingerprint density at radius 2 is 2.04 bits per heavy atom. The van der Waals surface area contributed by atoms with Crippen LogP contribution in [0.2, 0.25) is 0 Å². The van der Waals surface area contributed by atoms with Crippen LogP contribution in [0, 0.1) is 5.92 Å². The van der Waals surface area contributed by atoms with E-state index in [1.54, 1.807) is 27.7 Å².